The van der Waals surface area contributed by atoms with E-state index in [-0.39, 0.29) is 12.5 Å². The summed E-state index contributed by atoms with van der Waals surface area (Å²) in [5.74, 6) is 4.05. The van der Waals surface area contributed by atoms with Gasteiger partial charge in [-0.25, -0.2) is 0 Å². The highest BCUT2D eigenvalue weighted by atomic mass is 16.3. The molecule has 0 aromatic rings. The van der Waals surface area contributed by atoms with Crippen LogP contribution in [-0.4, -0.2) is 30.2 Å². The van der Waals surface area contributed by atoms with Crippen molar-refractivity contribution in [1.29, 1.82) is 0 Å². The summed E-state index contributed by atoms with van der Waals surface area (Å²) in [4.78, 5) is 11.6. The second-order valence-electron chi connectivity index (χ2n) is 6.63. The van der Waals surface area contributed by atoms with Crippen molar-refractivity contribution in [1.82, 2.24) is 5.32 Å². The fourth-order valence-electron chi connectivity index (χ4n) is 4.80. The zero-order valence-corrected chi connectivity index (χ0v) is 10.8. The molecular formula is C14H24N2O2. The topological polar surface area (TPSA) is 75.3 Å². The third-order valence-corrected chi connectivity index (χ3v) is 5.47. The Balaban J connectivity index is 1.56. The molecule has 1 unspecified atom stereocenters. The van der Waals surface area contributed by atoms with Gasteiger partial charge in [0.15, 0.2) is 0 Å². The van der Waals surface area contributed by atoms with Crippen molar-refractivity contribution in [3.05, 3.63) is 0 Å². The molecular weight excluding hydrogens is 228 g/mol. The van der Waals surface area contributed by atoms with Crippen LogP contribution in [0.2, 0.25) is 0 Å². The predicted molar refractivity (Wildman–Crippen MR) is 68.6 cm³/mol. The highest BCUT2D eigenvalue weighted by Crippen LogP contribution is 2.56. The summed E-state index contributed by atoms with van der Waals surface area (Å²) in [6, 6.07) is -0.762. The molecule has 0 heterocycles. The molecule has 0 spiro atoms. The molecule has 4 nitrogen and oxygen atoms in total. The maximum Gasteiger partial charge on any atom is 0.239 e. The Kier molecular flexibility index (Phi) is 3.32. The van der Waals surface area contributed by atoms with Crippen LogP contribution in [0.4, 0.5) is 0 Å². The molecule has 4 aliphatic rings. The van der Waals surface area contributed by atoms with Crippen LogP contribution in [0.3, 0.4) is 0 Å². The van der Waals surface area contributed by atoms with Gasteiger partial charge in [0.1, 0.15) is 6.04 Å². The average Bonchev–Trinajstić information content (AvgIpc) is 2.35. The minimum absolute atomic E-state index is 0.202. The average molecular weight is 252 g/mol. The largest absolute Gasteiger partial charge is 0.394 e. The molecule has 4 N–H and O–H groups in total. The fourth-order valence-corrected chi connectivity index (χ4v) is 4.80. The van der Waals surface area contributed by atoms with Crippen molar-refractivity contribution in [2.24, 2.45) is 35.3 Å². The molecule has 4 bridgehead atoms. The van der Waals surface area contributed by atoms with Crippen molar-refractivity contribution in [2.75, 3.05) is 13.2 Å². The van der Waals surface area contributed by atoms with E-state index in [1.807, 2.05) is 0 Å². The van der Waals surface area contributed by atoms with Crippen molar-refractivity contribution >= 4 is 5.91 Å². The van der Waals surface area contributed by atoms with Crippen LogP contribution in [0.25, 0.3) is 0 Å². The van der Waals surface area contributed by atoms with Crippen molar-refractivity contribution < 1.29 is 9.90 Å². The van der Waals surface area contributed by atoms with Crippen LogP contribution in [0.5, 0.6) is 0 Å². The standard InChI is InChI=1S/C14H24N2O2/c15-13(7-17)14(18)16-6-12-10-2-8-1-9(4-10)5-11(12)3-8/h8-13,17H,1-7,15H2,(H,16,18). The van der Waals surface area contributed by atoms with E-state index >= 15 is 0 Å². The summed E-state index contributed by atoms with van der Waals surface area (Å²) in [6.07, 6.45) is 6.96. The van der Waals surface area contributed by atoms with Gasteiger partial charge >= 0.3 is 0 Å². The maximum absolute atomic E-state index is 11.6. The van der Waals surface area contributed by atoms with Gasteiger partial charge in [-0.2, -0.15) is 0 Å². The molecule has 0 aromatic carbocycles. The molecule has 1 amide bonds. The summed E-state index contributed by atoms with van der Waals surface area (Å²) in [7, 11) is 0. The lowest BCUT2D eigenvalue weighted by Gasteiger charge is -2.54. The van der Waals surface area contributed by atoms with Crippen LogP contribution in [0.15, 0.2) is 0 Å². The van der Waals surface area contributed by atoms with Crippen LogP contribution >= 0.6 is 0 Å². The van der Waals surface area contributed by atoms with Gasteiger partial charge in [-0.1, -0.05) is 0 Å². The third-order valence-electron chi connectivity index (χ3n) is 5.47. The minimum atomic E-state index is -0.762. The number of amides is 1. The molecule has 4 rings (SSSR count). The van der Waals surface area contributed by atoms with Gasteiger partial charge in [0.2, 0.25) is 5.91 Å². The number of hydrogen-bond acceptors (Lipinski definition) is 3. The second-order valence-corrected chi connectivity index (χ2v) is 6.63. The van der Waals surface area contributed by atoms with Gasteiger partial charge < -0.3 is 16.2 Å². The van der Waals surface area contributed by atoms with E-state index in [1.165, 1.54) is 32.1 Å². The van der Waals surface area contributed by atoms with Gasteiger partial charge in [0, 0.05) is 6.54 Å². The van der Waals surface area contributed by atoms with Crippen LogP contribution in [0, 0.1) is 29.6 Å². The normalized spacial score (nSPS) is 42.9. The van der Waals surface area contributed by atoms with Crippen LogP contribution < -0.4 is 11.1 Å². The van der Waals surface area contributed by atoms with E-state index in [2.05, 4.69) is 5.32 Å². The molecule has 0 aromatic heterocycles. The lowest BCUT2D eigenvalue weighted by molar-refractivity contribution is -0.124. The summed E-state index contributed by atoms with van der Waals surface area (Å²) < 4.78 is 0. The summed E-state index contributed by atoms with van der Waals surface area (Å²) in [5, 5.41) is 11.8. The summed E-state index contributed by atoms with van der Waals surface area (Å²) >= 11 is 0. The number of nitrogens with two attached hydrogens (primary N) is 1. The van der Waals surface area contributed by atoms with E-state index in [0.717, 1.165) is 30.2 Å². The number of hydrogen-bond donors (Lipinski definition) is 3. The predicted octanol–water partition coefficient (Wildman–Crippen LogP) is 0.494. The van der Waals surface area contributed by atoms with E-state index in [4.69, 9.17) is 10.8 Å². The quantitative estimate of drug-likeness (QED) is 0.682. The molecule has 0 radical (unpaired) electrons. The highest BCUT2D eigenvalue weighted by molar-refractivity contribution is 5.81. The minimum Gasteiger partial charge on any atom is -0.394 e. The lowest BCUT2D eigenvalue weighted by atomic mass is 9.52. The first-order valence-corrected chi connectivity index (χ1v) is 7.31. The molecule has 4 fully saturated rings. The van der Waals surface area contributed by atoms with Gasteiger partial charge in [-0.3, -0.25) is 4.79 Å². The van der Waals surface area contributed by atoms with Crippen molar-refractivity contribution in [3.8, 4) is 0 Å². The Morgan fingerprint density at radius 1 is 1.17 bits per heavy atom. The first-order valence-electron chi connectivity index (χ1n) is 7.31. The summed E-state index contributed by atoms with van der Waals surface area (Å²) in [5.41, 5.74) is 5.51. The lowest BCUT2D eigenvalue weighted by Crippen LogP contribution is -2.51. The highest BCUT2D eigenvalue weighted by Gasteiger charge is 2.47. The van der Waals surface area contributed by atoms with E-state index in [9.17, 15) is 4.79 Å². The number of rotatable bonds is 4. The number of aliphatic hydroxyl groups is 1. The zero-order valence-electron chi connectivity index (χ0n) is 10.8. The molecule has 102 valence electrons. The fraction of sp³-hybridized carbons (Fsp3) is 0.929. The van der Waals surface area contributed by atoms with Crippen LogP contribution in [0.1, 0.15) is 32.1 Å². The van der Waals surface area contributed by atoms with E-state index < -0.39 is 6.04 Å². The van der Waals surface area contributed by atoms with Gasteiger partial charge in [0.25, 0.3) is 0 Å². The number of carbonyl (C=O) groups is 1. The molecule has 18 heavy (non-hydrogen) atoms. The number of aliphatic hydroxyl groups excluding tert-OH is 1. The monoisotopic (exact) mass is 252 g/mol. The number of carbonyl (C=O) groups excluding carboxylic acids is 1. The molecule has 1 atom stereocenters. The molecule has 0 saturated heterocycles. The molecule has 4 heteroatoms. The van der Waals surface area contributed by atoms with Crippen molar-refractivity contribution in [2.45, 2.75) is 38.1 Å². The Hall–Kier alpha value is -0.610. The van der Waals surface area contributed by atoms with Gasteiger partial charge in [-0.15, -0.1) is 0 Å². The maximum atomic E-state index is 11.6. The van der Waals surface area contributed by atoms with E-state index in [1.54, 1.807) is 0 Å². The molecule has 4 saturated carbocycles. The summed E-state index contributed by atoms with van der Waals surface area (Å²) in [6.45, 7) is 0.495. The second kappa shape index (κ2) is 4.82. The first kappa shape index (κ1) is 12.4. The Labute approximate surface area is 108 Å². The first-order chi connectivity index (χ1) is 8.67. The molecule has 4 aliphatic carbocycles. The smallest absolute Gasteiger partial charge is 0.239 e. The van der Waals surface area contributed by atoms with Crippen LogP contribution in [-0.2, 0) is 4.79 Å². The van der Waals surface area contributed by atoms with Gasteiger partial charge in [-0.05, 0) is 61.7 Å². The third kappa shape index (κ3) is 2.16. The SMILES string of the molecule is NC(CO)C(=O)NCC1C2CC3CC(C2)CC1C3. The van der Waals surface area contributed by atoms with E-state index in [0.29, 0.717) is 5.92 Å². The Morgan fingerprint density at radius 3 is 2.22 bits per heavy atom. The Morgan fingerprint density at radius 2 is 1.72 bits per heavy atom. The number of nitrogens with one attached hydrogen (secondary N) is 1. The Bertz CT molecular complexity index is 304. The zero-order chi connectivity index (χ0) is 12.7. The molecule has 0 aliphatic heterocycles. The van der Waals surface area contributed by atoms with Gasteiger partial charge in [0.05, 0.1) is 6.61 Å². The van der Waals surface area contributed by atoms with Crippen molar-refractivity contribution in [3.63, 3.8) is 0 Å².